The molecule has 3 fully saturated rings. The van der Waals surface area contributed by atoms with Crippen LogP contribution in [0.25, 0.3) is 0 Å². The topological polar surface area (TPSA) is 150 Å². The number of imide groups is 1. The molecule has 3 heterocycles. The Labute approximate surface area is 346 Å². The fraction of sp³-hybridized carbons (Fsp3) is 0.400. The van der Waals surface area contributed by atoms with Crippen molar-refractivity contribution in [1.29, 1.82) is 5.26 Å². The molecule has 0 bridgehead atoms. The number of hydrogen-bond acceptors (Lipinski definition) is 10. The molecule has 13 nitrogen and oxygen atoms in total. The molecule has 0 aromatic heterocycles. The van der Waals surface area contributed by atoms with Gasteiger partial charge in [0, 0.05) is 62.5 Å². The molecular weight excluding hydrogens is 819 g/mol. The van der Waals surface area contributed by atoms with Gasteiger partial charge in [0.15, 0.2) is 5.11 Å². The molecule has 20 heteroatoms. The number of halogens is 6. The zero-order valence-electron chi connectivity index (χ0n) is 32.4. The van der Waals surface area contributed by atoms with E-state index in [0.717, 1.165) is 17.0 Å². The van der Waals surface area contributed by atoms with Crippen LogP contribution in [0.5, 0.6) is 5.75 Å². The highest BCUT2D eigenvalue weighted by molar-refractivity contribution is 7.81. The van der Waals surface area contributed by atoms with Gasteiger partial charge in [-0.2, -0.15) is 18.4 Å². The molecule has 0 radical (unpaired) electrons. The third-order valence-electron chi connectivity index (χ3n) is 10.3. The Balaban J connectivity index is 1.03. The van der Waals surface area contributed by atoms with E-state index in [1.807, 2.05) is 4.90 Å². The standard InChI is InChI=1S/C40H40F6N8O5S/c1-39(2)37(58)53(26-5-3-23(21-47)28(20-26)40(44,45)46)38(60)54(39)27-6-9-32(24(17-27)18-33(42)43)59-16-15-51-11-13-52(14-12-51)22-35(56)49-31-19-25(4-7-29(31)41)48-30-8-10-34(55)50-36(30)57/h3-7,9,17,19-20,30,33,48H,8,10-16,18,22H2,1-2H3,(H,49,56)(H,50,55,57). The number of nitrogens with zero attached hydrogens (tertiary/aromatic N) is 5. The maximum Gasteiger partial charge on any atom is 0.417 e. The molecule has 3 aromatic rings. The molecule has 4 amide bonds. The Morgan fingerprint density at radius 1 is 1.02 bits per heavy atom. The number of rotatable bonds is 13. The minimum atomic E-state index is -4.88. The average molecular weight is 859 g/mol. The quantitative estimate of drug-likeness (QED) is 0.117. The molecule has 3 saturated heterocycles. The van der Waals surface area contributed by atoms with E-state index in [-0.39, 0.29) is 65.4 Å². The predicted molar refractivity (Wildman–Crippen MR) is 212 cm³/mol. The van der Waals surface area contributed by atoms with Crippen molar-refractivity contribution < 1.29 is 50.3 Å². The minimum absolute atomic E-state index is 0.0133. The van der Waals surface area contributed by atoms with Crippen molar-refractivity contribution in [3.05, 3.63) is 77.1 Å². The van der Waals surface area contributed by atoms with Crippen LogP contribution < -0.4 is 30.5 Å². The second-order valence-electron chi connectivity index (χ2n) is 14.9. The van der Waals surface area contributed by atoms with Crippen LogP contribution in [-0.2, 0) is 31.8 Å². The molecule has 0 aliphatic carbocycles. The summed E-state index contributed by atoms with van der Waals surface area (Å²) in [6.07, 6.45) is -7.90. The number of ether oxygens (including phenoxy) is 1. The van der Waals surface area contributed by atoms with Gasteiger partial charge in [0.2, 0.25) is 24.1 Å². The van der Waals surface area contributed by atoms with E-state index in [1.165, 1.54) is 61.2 Å². The van der Waals surface area contributed by atoms with E-state index in [2.05, 4.69) is 20.9 Å². The molecule has 0 spiro atoms. The van der Waals surface area contributed by atoms with E-state index < -0.39 is 65.3 Å². The van der Waals surface area contributed by atoms with Gasteiger partial charge in [0.05, 0.1) is 35.1 Å². The second-order valence-corrected chi connectivity index (χ2v) is 15.3. The molecule has 3 aromatic carbocycles. The maximum atomic E-state index is 14.6. The number of amides is 4. The fourth-order valence-electron chi connectivity index (χ4n) is 7.22. The number of piperidine rings is 1. The normalized spacial score (nSPS) is 18.8. The zero-order valence-corrected chi connectivity index (χ0v) is 33.2. The predicted octanol–water partition coefficient (Wildman–Crippen LogP) is 5.29. The van der Waals surface area contributed by atoms with Gasteiger partial charge < -0.3 is 20.3 Å². The first kappa shape index (κ1) is 43.8. The van der Waals surface area contributed by atoms with Crippen LogP contribution in [0.1, 0.15) is 43.4 Å². The van der Waals surface area contributed by atoms with Gasteiger partial charge in [-0.25, -0.2) is 13.2 Å². The Hall–Kier alpha value is -5.78. The second kappa shape index (κ2) is 17.8. The van der Waals surface area contributed by atoms with Crippen LogP contribution in [0.4, 0.5) is 49.1 Å². The lowest BCUT2D eigenvalue weighted by atomic mass is 10.0. The molecule has 60 heavy (non-hydrogen) atoms. The number of hydrogen-bond donors (Lipinski definition) is 3. The maximum absolute atomic E-state index is 14.6. The first-order valence-corrected chi connectivity index (χ1v) is 19.2. The van der Waals surface area contributed by atoms with E-state index >= 15 is 0 Å². The number of carbonyl (C=O) groups excluding carboxylic acids is 4. The highest BCUT2D eigenvalue weighted by Crippen LogP contribution is 2.41. The van der Waals surface area contributed by atoms with E-state index in [4.69, 9.17) is 17.0 Å². The number of alkyl halides is 5. The number of thiocarbonyl (C=S) groups is 1. The molecule has 3 aliphatic rings. The summed E-state index contributed by atoms with van der Waals surface area (Å²) in [6, 6.07) is 12.0. The summed E-state index contributed by atoms with van der Waals surface area (Å²) in [4.78, 5) is 56.3. The third-order valence-corrected chi connectivity index (χ3v) is 10.7. The Morgan fingerprint density at radius 3 is 2.38 bits per heavy atom. The van der Waals surface area contributed by atoms with Crippen molar-refractivity contribution in [2.24, 2.45) is 0 Å². The largest absolute Gasteiger partial charge is 0.492 e. The smallest absolute Gasteiger partial charge is 0.417 e. The van der Waals surface area contributed by atoms with Crippen molar-refractivity contribution in [3.63, 3.8) is 0 Å². The molecule has 0 saturated carbocycles. The Morgan fingerprint density at radius 2 is 1.72 bits per heavy atom. The van der Waals surface area contributed by atoms with Crippen LogP contribution in [-0.4, -0.2) is 102 Å². The lowest BCUT2D eigenvalue weighted by Crippen LogP contribution is -2.49. The third kappa shape index (κ3) is 9.80. The molecule has 318 valence electrons. The summed E-state index contributed by atoms with van der Waals surface area (Å²) in [5.41, 5.74) is -2.82. The summed E-state index contributed by atoms with van der Waals surface area (Å²) in [5, 5.41) is 16.8. The molecule has 3 aliphatic heterocycles. The number of piperazine rings is 1. The highest BCUT2D eigenvalue weighted by Gasteiger charge is 2.51. The number of carbonyl (C=O) groups is 4. The van der Waals surface area contributed by atoms with Crippen LogP contribution in [0, 0.1) is 17.1 Å². The van der Waals surface area contributed by atoms with E-state index in [9.17, 15) is 50.8 Å². The van der Waals surface area contributed by atoms with Gasteiger partial charge in [-0.15, -0.1) is 0 Å². The Bertz CT molecular complexity index is 2230. The summed E-state index contributed by atoms with van der Waals surface area (Å²) in [7, 11) is 0. The Kier molecular flexibility index (Phi) is 13.0. The SMILES string of the molecule is CC1(C)C(=O)N(c2ccc(C#N)c(C(F)(F)F)c2)C(=S)N1c1ccc(OCCN2CCN(CC(=O)Nc3cc(NC4CCC(=O)NC4=O)ccc3F)CC2)c(CC(F)F)c1. The minimum Gasteiger partial charge on any atom is -0.492 e. The van der Waals surface area contributed by atoms with Crippen molar-refractivity contribution in [2.75, 3.05) is 66.3 Å². The summed E-state index contributed by atoms with van der Waals surface area (Å²) < 4.78 is 89.5. The molecule has 1 unspecified atom stereocenters. The van der Waals surface area contributed by atoms with Crippen molar-refractivity contribution >= 4 is 63.7 Å². The molecule has 6 rings (SSSR count). The van der Waals surface area contributed by atoms with Crippen LogP contribution in [0.15, 0.2) is 54.6 Å². The van der Waals surface area contributed by atoms with Gasteiger partial charge in [-0.3, -0.25) is 39.2 Å². The lowest BCUT2D eigenvalue weighted by Gasteiger charge is -2.34. The zero-order chi connectivity index (χ0) is 43.5. The van der Waals surface area contributed by atoms with Gasteiger partial charge in [0.25, 0.3) is 5.91 Å². The van der Waals surface area contributed by atoms with Gasteiger partial charge >= 0.3 is 6.18 Å². The first-order chi connectivity index (χ1) is 28.3. The fourth-order valence-corrected chi connectivity index (χ4v) is 7.74. The van der Waals surface area contributed by atoms with Gasteiger partial charge in [0.1, 0.15) is 29.8 Å². The monoisotopic (exact) mass is 858 g/mol. The average Bonchev–Trinajstić information content (AvgIpc) is 3.36. The summed E-state index contributed by atoms with van der Waals surface area (Å²) in [5.74, 6) is -2.45. The molecule has 3 N–H and O–H groups in total. The first-order valence-electron chi connectivity index (χ1n) is 18.8. The number of nitrogens with one attached hydrogen (secondary N) is 3. The van der Waals surface area contributed by atoms with E-state index in [1.54, 1.807) is 0 Å². The van der Waals surface area contributed by atoms with Gasteiger partial charge in [-0.05, 0) is 87.1 Å². The highest BCUT2D eigenvalue weighted by atomic mass is 32.1. The summed E-state index contributed by atoms with van der Waals surface area (Å²) in [6.45, 7) is 5.64. The molecule has 1 atom stereocenters. The van der Waals surface area contributed by atoms with Crippen molar-refractivity contribution in [3.8, 4) is 11.8 Å². The van der Waals surface area contributed by atoms with E-state index in [0.29, 0.717) is 44.5 Å². The lowest BCUT2D eigenvalue weighted by molar-refractivity contribution is -0.138. The van der Waals surface area contributed by atoms with Gasteiger partial charge in [-0.1, -0.05) is 0 Å². The van der Waals surface area contributed by atoms with Crippen molar-refractivity contribution in [1.82, 2.24) is 15.1 Å². The number of anilines is 4. The van der Waals surface area contributed by atoms with Crippen LogP contribution in [0.2, 0.25) is 0 Å². The summed E-state index contributed by atoms with van der Waals surface area (Å²) >= 11 is 5.60. The number of benzene rings is 3. The van der Waals surface area contributed by atoms with Crippen LogP contribution >= 0.6 is 12.2 Å². The van der Waals surface area contributed by atoms with Crippen LogP contribution in [0.3, 0.4) is 0 Å². The molecular formula is C40H40F6N8O5S. The van der Waals surface area contributed by atoms with Crippen molar-refractivity contribution in [2.45, 2.75) is 57.3 Å². The number of nitriles is 1.